The summed E-state index contributed by atoms with van der Waals surface area (Å²) in [6.45, 7) is 8.06. The summed E-state index contributed by atoms with van der Waals surface area (Å²) in [5.41, 5.74) is 17.1. The molecule has 5 aromatic heterocycles. The minimum Gasteiger partial charge on any atom is -0.452 e. The van der Waals surface area contributed by atoms with Gasteiger partial charge in [0.25, 0.3) is 0 Å². The molecule has 1 unspecified atom stereocenters. The van der Waals surface area contributed by atoms with Crippen molar-refractivity contribution in [2.24, 2.45) is 0 Å². The molecule has 1 atom stereocenters. The molecular formula is C73H40N8OS. The Morgan fingerprint density at radius 1 is 0.422 bits per heavy atom. The summed E-state index contributed by atoms with van der Waals surface area (Å²) >= 11 is 1.78. The van der Waals surface area contributed by atoms with Crippen LogP contribution in [0.2, 0.25) is 0 Å². The fourth-order valence-corrected chi connectivity index (χ4v) is 15.1. The van der Waals surface area contributed by atoms with Gasteiger partial charge >= 0.3 is 0 Å². The number of pyridine rings is 2. The summed E-state index contributed by atoms with van der Waals surface area (Å²) in [7, 11) is 0. The fourth-order valence-electron chi connectivity index (χ4n) is 14.1. The van der Waals surface area contributed by atoms with Gasteiger partial charge < -0.3 is 23.3 Å². The van der Waals surface area contributed by atoms with Gasteiger partial charge in [0.15, 0.2) is 17.2 Å². The SMILES string of the molecule is [C-]#[N+]c1ccc2c(c1)c1ccccc1n2-c1cccc2c1Oc1c(N3c4ccccc4Sc4ccccc43)cccc1C21c2cc(-n3c4ccccc4c4ccccc43)cnc2-c2ncc(-n3c4ccccc4c4cc(C#N)ccc43)cc21. The first kappa shape index (κ1) is 45.7. The Kier molecular flexibility index (Phi) is 9.32. The van der Waals surface area contributed by atoms with Gasteiger partial charge in [-0.1, -0.05) is 139 Å². The number of nitrogens with zero attached hydrogens (tertiary/aromatic N) is 8. The Balaban J connectivity index is 1.01. The molecule has 1 aliphatic carbocycles. The van der Waals surface area contributed by atoms with E-state index in [0.717, 1.165) is 143 Å². The van der Waals surface area contributed by atoms with Gasteiger partial charge in [-0.2, -0.15) is 5.26 Å². The zero-order valence-corrected chi connectivity index (χ0v) is 44.8. The van der Waals surface area contributed by atoms with Crippen LogP contribution in [0, 0.1) is 17.9 Å². The molecule has 7 heterocycles. The lowest BCUT2D eigenvalue weighted by Gasteiger charge is -2.42. The van der Waals surface area contributed by atoms with Crippen molar-refractivity contribution >= 4 is 99.9 Å². The van der Waals surface area contributed by atoms with E-state index in [1.165, 1.54) is 0 Å². The highest BCUT2D eigenvalue weighted by Gasteiger charge is 2.54. The Morgan fingerprint density at radius 2 is 0.867 bits per heavy atom. The van der Waals surface area contributed by atoms with Gasteiger partial charge in [-0.15, -0.1) is 0 Å². The number of anilines is 3. The molecule has 9 nitrogen and oxygen atoms in total. The Bertz CT molecular complexity index is 5380. The predicted molar refractivity (Wildman–Crippen MR) is 332 cm³/mol. The van der Waals surface area contributed by atoms with E-state index < -0.39 is 5.41 Å². The molecule has 18 rings (SSSR count). The van der Waals surface area contributed by atoms with Gasteiger partial charge in [0.1, 0.15) is 0 Å². The van der Waals surface area contributed by atoms with Crippen molar-refractivity contribution in [3.05, 3.63) is 282 Å². The molecule has 0 amide bonds. The summed E-state index contributed by atoms with van der Waals surface area (Å²) in [6, 6.07) is 83.6. The van der Waals surface area contributed by atoms with Gasteiger partial charge in [-0.25, -0.2) is 4.85 Å². The van der Waals surface area contributed by atoms with Crippen LogP contribution in [0.15, 0.2) is 253 Å². The molecule has 0 fully saturated rings. The van der Waals surface area contributed by atoms with Crippen molar-refractivity contribution in [3.8, 4) is 46.0 Å². The molecule has 384 valence electrons. The molecule has 0 saturated heterocycles. The molecule has 0 N–H and O–H groups in total. The van der Waals surface area contributed by atoms with Crippen LogP contribution in [0.4, 0.5) is 22.7 Å². The van der Waals surface area contributed by atoms with Crippen LogP contribution in [0.25, 0.3) is 98.7 Å². The van der Waals surface area contributed by atoms with Crippen LogP contribution in [0.3, 0.4) is 0 Å². The first-order valence-electron chi connectivity index (χ1n) is 27.5. The maximum atomic E-state index is 10.2. The lowest BCUT2D eigenvalue weighted by atomic mass is 9.66. The van der Waals surface area contributed by atoms with E-state index >= 15 is 0 Å². The predicted octanol–water partition coefficient (Wildman–Crippen LogP) is 18.6. The second kappa shape index (κ2) is 16.9. The first-order chi connectivity index (χ1) is 41.1. The van der Waals surface area contributed by atoms with Crippen molar-refractivity contribution in [2.75, 3.05) is 4.90 Å². The van der Waals surface area contributed by atoms with E-state index in [-0.39, 0.29) is 0 Å². The zero-order chi connectivity index (χ0) is 54.7. The van der Waals surface area contributed by atoms with E-state index in [1.54, 1.807) is 11.8 Å². The average Bonchev–Trinajstić information content (AvgIpc) is 2.36. The normalized spacial score (nSPS) is 14.6. The van der Waals surface area contributed by atoms with E-state index in [0.29, 0.717) is 22.7 Å². The molecule has 0 bridgehead atoms. The number of fused-ring (bicyclic) bond motifs is 20. The minimum absolute atomic E-state index is 0.576. The Labute approximate surface area is 479 Å². The van der Waals surface area contributed by atoms with Gasteiger partial charge in [0.2, 0.25) is 0 Å². The second-order valence-corrected chi connectivity index (χ2v) is 22.5. The highest BCUT2D eigenvalue weighted by Crippen LogP contribution is 2.66. The van der Waals surface area contributed by atoms with E-state index in [9.17, 15) is 5.26 Å². The number of benzene rings is 10. The number of nitriles is 1. The Morgan fingerprint density at radius 3 is 1.43 bits per heavy atom. The summed E-state index contributed by atoms with van der Waals surface area (Å²) in [6.07, 6.45) is 4.00. The molecule has 10 aromatic carbocycles. The second-order valence-electron chi connectivity index (χ2n) is 21.4. The highest BCUT2D eigenvalue weighted by atomic mass is 32.2. The fraction of sp³-hybridized carbons (Fsp3) is 0.0137. The minimum atomic E-state index is -1.13. The lowest BCUT2D eigenvalue weighted by molar-refractivity contribution is 0.435. The van der Waals surface area contributed by atoms with Crippen molar-refractivity contribution in [2.45, 2.75) is 15.2 Å². The zero-order valence-electron chi connectivity index (χ0n) is 44.0. The number of rotatable bonds is 4. The number of ether oxygens (including phenoxy) is 1. The maximum Gasteiger partial charge on any atom is 0.188 e. The number of para-hydroxylation sites is 8. The summed E-state index contributed by atoms with van der Waals surface area (Å²) in [5.74, 6) is 1.39. The first-order valence-corrected chi connectivity index (χ1v) is 28.4. The molecule has 2 aliphatic heterocycles. The molecule has 3 aliphatic rings. The topological polar surface area (TPSA) is 81.2 Å². The molecular weight excluding hydrogens is 1040 g/mol. The van der Waals surface area contributed by atoms with Crippen LogP contribution in [0.5, 0.6) is 11.5 Å². The summed E-state index contributed by atoms with van der Waals surface area (Å²) < 4.78 is 14.9. The molecule has 0 radical (unpaired) electrons. The number of hydrogen-bond acceptors (Lipinski definition) is 6. The van der Waals surface area contributed by atoms with Crippen LogP contribution in [0.1, 0.15) is 27.8 Å². The summed E-state index contributed by atoms with van der Waals surface area (Å²) in [5, 5.41) is 16.5. The highest BCUT2D eigenvalue weighted by molar-refractivity contribution is 7.99. The maximum absolute atomic E-state index is 10.2. The van der Waals surface area contributed by atoms with Crippen molar-refractivity contribution in [1.82, 2.24) is 23.7 Å². The third-order valence-electron chi connectivity index (χ3n) is 17.4. The smallest absolute Gasteiger partial charge is 0.188 e. The van der Waals surface area contributed by atoms with Gasteiger partial charge in [-0.05, 0) is 109 Å². The van der Waals surface area contributed by atoms with Crippen molar-refractivity contribution < 1.29 is 4.74 Å². The monoisotopic (exact) mass is 1080 g/mol. The van der Waals surface area contributed by atoms with Crippen LogP contribution in [-0.4, -0.2) is 23.7 Å². The van der Waals surface area contributed by atoms with E-state index in [4.69, 9.17) is 21.3 Å². The van der Waals surface area contributed by atoms with Crippen LogP contribution < -0.4 is 9.64 Å². The third kappa shape index (κ3) is 6.09. The van der Waals surface area contributed by atoms with Crippen molar-refractivity contribution in [3.63, 3.8) is 0 Å². The molecule has 10 heteroatoms. The van der Waals surface area contributed by atoms with Gasteiger partial charge in [0.05, 0.1) is 115 Å². The molecule has 15 aromatic rings. The van der Waals surface area contributed by atoms with E-state index in [1.807, 2.05) is 36.7 Å². The van der Waals surface area contributed by atoms with Gasteiger partial charge in [0, 0.05) is 59.0 Å². The lowest BCUT2D eigenvalue weighted by Crippen LogP contribution is -2.33. The number of hydrogen-bond donors (Lipinski definition) is 0. The van der Waals surface area contributed by atoms with Crippen LogP contribution >= 0.6 is 11.8 Å². The standard InChI is InChI=1S/C73H40N8OS/c1-75-44-33-35-62-52(37-44)50-19-5-9-25-60(50)80(62)65-28-14-20-53-71(65)82-72-54(21-15-29-66(72)81-63-26-10-12-30-67(63)83-68-31-13-11-27-64(68)81)73(53)55-38-45(78-57-22-6-2-16-47(57)48-17-3-7-23-58(48)78)41-76-69(55)70-56(73)39-46(42-77-70)79-59-24-8-4-18-49(59)51-36-43(40-74)32-34-61(51)79/h2-39,41-42H. The molecule has 1 spiro atoms. The van der Waals surface area contributed by atoms with Crippen molar-refractivity contribution in [1.29, 1.82) is 5.26 Å². The van der Waals surface area contributed by atoms with Gasteiger partial charge in [-0.3, -0.25) is 9.97 Å². The quantitative estimate of drug-likeness (QED) is 0.163. The van der Waals surface area contributed by atoms with Crippen LogP contribution in [-0.2, 0) is 5.41 Å². The molecule has 83 heavy (non-hydrogen) atoms. The molecule has 0 saturated carbocycles. The summed E-state index contributed by atoms with van der Waals surface area (Å²) in [4.78, 5) is 19.8. The van der Waals surface area contributed by atoms with E-state index in [2.05, 4.69) is 236 Å². The average molecular weight is 1080 g/mol. The third-order valence-corrected chi connectivity index (χ3v) is 18.5. The Hall–Kier alpha value is -11.2. The number of aromatic nitrogens is 5. The largest absolute Gasteiger partial charge is 0.452 e.